The van der Waals surface area contributed by atoms with Crippen LogP contribution in [0.4, 0.5) is 0 Å². The van der Waals surface area contributed by atoms with Gasteiger partial charge in [-0.05, 0) is 38.2 Å². The first-order valence-corrected chi connectivity index (χ1v) is 11.7. The lowest BCUT2D eigenvalue weighted by molar-refractivity contribution is -0.137. The molecule has 0 saturated carbocycles. The predicted molar refractivity (Wildman–Crippen MR) is 107 cm³/mol. The summed E-state index contributed by atoms with van der Waals surface area (Å²) in [6.45, 7) is 7.22. The number of carbonyl (C=O) groups is 1. The van der Waals surface area contributed by atoms with Crippen molar-refractivity contribution in [3.05, 3.63) is 35.9 Å². The van der Waals surface area contributed by atoms with E-state index >= 15 is 0 Å². The number of hydrogen-bond donors (Lipinski definition) is 0. The molecule has 0 radical (unpaired) electrons. The van der Waals surface area contributed by atoms with Crippen LogP contribution in [0.1, 0.15) is 32.3 Å². The fraction of sp³-hybridized carbons (Fsp3) is 0.667. The van der Waals surface area contributed by atoms with Crippen LogP contribution in [0.5, 0.6) is 0 Å². The lowest BCUT2D eigenvalue weighted by Crippen LogP contribution is -2.67. The van der Waals surface area contributed by atoms with Crippen LogP contribution in [0.15, 0.2) is 30.3 Å². The van der Waals surface area contributed by atoms with Crippen LogP contribution in [0.25, 0.3) is 0 Å². The van der Waals surface area contributed by atoms with Gasteiger partial charge in [0.25, 0.3) is 5.91 Å². The molecule has 0 aromatic heterocycles. The molecule has 7 heteroatoms. The Bertz CT molecular complexity index is 763. The van der Waals surface area contributed by atoms with Gasteiger partial charge in [0, 0.05) is 39.4 Å². The van der Waals surface area contributed by atoms with Gasteiger partial charge in [-0.2, -0.15) is 0 Å². The summed E-state index contributed by atoms with van der Waals surface area (Å²) < 4.78 is 30.6. The molecule has 3 aliphatic heterocycles. The number of ether oxygens (including phenoxy) is 1. The maximum absolute atomic E-state index is 13.3. The highest BCUT2D eigenvalue weighted by Gasteiger charge is 2.63. The second-order valence-corrected chi connectivity index (χ2v) is 11.6. The highest BCUT2D eigenvalue weighted by molar-refractivity contribution is 8.00. The van der Waals surface area contributed by atoms with E-state index in [1.807, 2.05) is 35.2 Å². The summed E-state index contributed by atoms with van der Waals surface area (Å²) in [7, 11) is -3.54. The molecule has 0 bridgehead atoms. The lowest BCUT2D eigenvalue weighted by atomic mass is 10.00. The van der Waals surface area contributed by atoms with Gasteiger partial charge in [-0.15, -0.1) is 4.21 Å². The van der Waals surface area contributed by atoms with Crippen LogP contribution in [0.2, 0.25) is 0 Å². The van der Waals surface area contributed by atoms with Gasteiger partial charge in [0.1, 0.15) is 0 Å². The minimum atomic E-state index is -3.54. The molecular formula is C21H30N2O4S. The predicted octanol–water partition coefficient (Wildman–Crippen LogP) is 1.92. The average molecular weight is 407 g/mol. The van der Waals surface area contributed by atoms with Gasteiger partial charge in [-0.25, -0.2) is 0 Å². The zero-order valence-electron chi connectivity index (χ0n) is 16.7. The van der Waals surface area contributed by atoms with Crippen molar-refractivity contribution in [3.63, 3.8) is 0 Å². The van der Waals surface area contributed by atoms with E-state index in [0.717, 1.165) is 38.2 Å². The van der Waals surface area contributed by atoms with Gasteiger partial charge in [0.15, 0.2) is 5.25 Å². The zero-order chi connectivity index (χ0) is 19.9. The molecule has 28 heavy (non-hydrogen) atoms. The molecule has 3 saturated heterocycles. The number of hydrogen-bond acceptors (Lipinski definition) is 5. The van der Waals surface area contributed by atoms with Crippen LogP contribution in [0, 0.1) is 5.92 Å². The molecule has 0 N–H and O–H groups in total. The van der Waals surface area contributed by atoms with E-state index in [2.05, 4.69) is 4.90 Å². The fourth-order valence-corrected chi connectivity index (χ4v) is 7.02. The van der Waals surface area contributed by atoms with Crippen molar-refractivity contribution < 1.29 is 18.3 Å². The minimum Gasteiger partial charge on any atom is -0.614 e. The number of fused-ring (bicyclic) bond motifs is 1. The van der Waals surface area contributed by atoms with E-state index in [1.54, 1.807) is 13.8 Å². The summed E-state index contributed by atoms with van der Waals surface area (Å²) in [5, 5.41) is -0.510. The number of amides is 1. The molecule has 3 atom stereocenters. The first-order chi connectivity index (χ1) is 13.3. The molecular weight excluding hydrogens is 376 g/mol. The maximum Gasteiger partial charge on any atom is 0.278 e. The number of sulfone groups is 1. The summed E-state index contributed by atoms with van der Waals surface area (Å²) >= 11 is 0. The Kier molecular flexibility index (Phi) is 5.37. The van der Waals surface area contributed by atoms with E-state index in [4.69, 9.17) is 4.74 Å². The van der Waals surface area contributed by atoms with Crippen molar-refractivity contribution in [1.82, 2.24) is 9.80 Å². The Morgan fingerprint density at radius 1 is 1.18 bits per heavy atom. The highest BCUT2D eigenvalue weighted by Crippen LogP contribution is 2.41. The smallest absolute Gasteiger partial charge is 0.278 e. The standard InChI is InChI=1S/C21H30N2O4S/c1-21(2)20(24)23(13-16-6-4-3-5-7-16)18-14-22(15-19(18)28(21,25)26)12-17-8-10-27-11-9-17/h3-7,17-19H,8-15H2,1-2H3/t18-,19+/m0/s1. The third-order valence-electron chi connectivity index (χ3n) is 6.65. The molecule has 3 heterocycles. The van der Waals surface area contributed by atoms with Crippen molar-refractivity contribution in [1.29, 1.82) is 0 Å². The molecule has 3 aliphatic rings. The fourth-order valence-electron chi connectivity index (χ4n) is 4.85. The van der Waals surface area contributed by atoms with Crippen molar-refractivity contribution in [2.75, 3.05) is 32.8 Å². The Balaban J connectivity index is 1.58. The Morgan fingerprint density at radius 2 is 1.86 bits per heavy atom. The molecule has 4 rings (SSSR count). The van der Waals surface area contributed by atoms with Gasteiger partial charge in [0.2, 0.25) is 4.75 Å². The van der Waals surface area contributed by atoms with E-state index in [1.165, 1.54) is 0 Å². The Labute approximate surface area is 168 Å². The van der Waals surface area contributed by atoms with Crippen molar-refractivity contribution in [2.24, 2.45) is 5.92 Å². The average Bonchev–Trinajstić information content (AvgIpc) is 3.10. The number of rotatable bonds is 4. The zero-order valence-corrected chi connectivity index (χ0v) is 17.5. The van der Waals surface area contributed by atoms with Gasteiger partial charge in [0.05, 0.1) is 16.3 Å². The minimum absolute atomic E-state index is 0.273. The maximum atomic E-state index is 13.3. The Morgan fingerprint density at radius 3 is 2.54 bits per heavy atom. The van der Waals surface area contributed by atoms with Crippen molar-refractivity contribution in [2.45, 2.75) is 49.3 Å². The molecule has 3 fully saturated rings. The van der Waals surface area contributed by atoms with Gasteiger partial charge in [-0.3, -0.25) is 9.69 Å². The summed E-state index contributed by atoms with van der Waals surface area (Å²) in [6.07, 6.45) is 2.05. The van der Waals surface area contributed by atoms with Crippen molar-refractivity contribution >= 4 is 16.1 Å². The lowest BCUT2D eigenvalue weighted by Gasteiger charge is -2.47. The first-order valence-electron chi connectivity index (χ1n) is 10.2. The molecule has 6 nitrogen and oxygen atoms in total. The van der Waals surface area contributed by atoms with Gasteiger partial charge >= 0.3 is 0 Å². The number of benzene rings is 1. The first kappa shape index (κ1) is 20.0. The topological polar surface area (TPSA) is 72.9 Å². The van der Waals surface area contributed by atoms with E-state index in [0.29, 0.717) is 25.6 Å². The normalized spacial score (nSPS) is 33.8. The highest BCUT2D eigenvalue weighted by atomic mass is 32.3. The van der Waals surface area contributed by atoms with E-state index < -0.39 is 20.2 Å². The third kappa shape index (κ3) is 3.43. The van der Waals surface area contributed by atoms with Crippen LogP contribution in [-0.2, 0) is 30.5 Å². The Hall–Kier alpha value is -1.28. The van der Waals surface area contributed by atoms with Gasteiger partial charge < -0.3 is 14.2 Å². The third-order valence-corrected chi connectivity index (χ3v) is 9.51. The molecule has 154 valence electrons. The quantitative estimate of drug-likeness (QED) is 0.715. The van der Waals surface area contributed by atoms with Crippen LogP contribution in [0.3, 0.4) is 0 Å². The molecule has 1 amide bonds. The van der Waals surface area contributed by atoms with Crippen LogP contribution < -0.4 is 0 Å². The van der Waals surface area contributed by atoms with Gasteiger partial charge in [-0.1, -0.05) is 30.3 Å². The summed E-state index contributed by atoms with van der Waals surface area (Å²) in [6, 6.07) is 9.57. The number of nitrogens with zero attached hydrogens (tertiary/aromatic N) is 2. The summed E-state index contributed by atoms with van der Waals surface area (Å²) in [5.41, 5.74) is 1.03. The molecule has 1 aromatic rings. The van der Waals surface area contributed by atoms with Crippen LogP contribution >= 0.6 is 0 Å². The summed E-state index contributed by atoms with van der Waals surface area (Å²) in [5.74, 6) is 0.272. The second kappa shape index (κ2) is 7.52. The van der Waals surface area contributed by atoms with E-state index in [-0.39, 0.29) is 11.9 Å². The van der Waals surface area contributed by atoms with E-state index in [9.17, 15) is 13.6 Å². The van der Waals surface area contributed by atoms with Crippen molar-refractivity contribution in [3.8, 4) is 0 Å². The molecule has 0 spiro atoms. The molecule has 1 aromatic carbocycles. The van der Waals surface area contributed by atoms with Crippen LogP contribution in [-0.4, -0.2) is 69.1 Å². The monoisotopic (exact) mass is 406 g/mol. The molecule has 1 unspecified atom stereocenters. The number of carbonyl (C=O) groups excluding carboxylic acids is 1. The summed E-state index contributed by atoms with van der Waals surface area (Å²) in [4.78, 5) is 17.3. The second-order valence-electron chi connectivity index (χ2n) is 8.85. The SMILES string of the molecule is CC1(C)C(=O)N(Cc2ccccc2)[C@H]2CN(CC3CCOCC3)C[C@H]2[S+]1(=O)[O-]. The number of likely N-dealkylation sites (tertiary alicyclic amines) is 1. The molecule has 0 aliphatic carbocycles. The largest absolute Gasteiger partial charge is 0.614 e.